The number of likely N-dealkylation sites (N-methyl/N-ethyl adjacent to an activating group) is 1. The Balaban J connectivity index is 2.96. The molecule has 1 atom stereocenters. The summed E-state index contributed by atoms with van der Waals surface area (Å²) in [5.41, 5.74) is 1.18. The largest absolute Gasteiger partial charge is 0.394 e. The van der Waals surface area contributed by atoms with Gasteiger partial charge < -0.3 is 10.0 Å². The lowest BCUT2D eigenvalue weighted by Gasteiger charge is -2.23. The van der Waals surface area contributed by atoms with Gasteiger partial charge in [0.05, 0.1) is 12.6 Å². The zero-order valence-electron chi connectivity index (χ0n) is 9.57. The number of amides is 1. The SMILES string of the molecule is Cc1cc(C(=O)N(C)C(C)CO)cc(Cl)n1. The lowest BCUT2D eigenvalue weighted by Crippen LogP contribution is -2.37. The maximum Gasteiger partial charge on any atom is 0.254 e. The Morgan fingerprint density at radius 2 is 2.25 bits per heavy atom. The van der Waals surface area contributed by atoms with E-state index >= 15 is 0 Å². The number of hydrogen-bond donors (Lipinski definition) is 1. The molecule has 0 bridgehead atoms. The fraction of sp³-hybridized carbons (Fsp3) is 0.455. The van der Waals surface area contributed by atoms with Gasteiger partial charge in [-0.05, 0) is 26.0 Å². The third-order valence-corrected chi connectivity index (χ3v) is 2.61. The number of halogens is 1. The number of rotatable bonds is 3. The van der Waals surface area contributed by atoms with Gasteiger partial charge in [-0.25, -0.2) is 4.98 Å². The van der Waals surface area contributed by atoms with Crippen molar-refractivity contribution in [1.82, 2.24) is 9.88 Å². The van der Waals surface area contributed by atoms with Crippen molar-refractivity contribution in [1.29, 1.82) is 0 Å². The molecule has 0 fully saturated rings. The molecule has 0 spiro atoms. The first-order valence-electron chi connectivity index (χ1n) is 4.98. The molecule has 16 heavy (non-hydrogen) atoms. The monoisotopic (exact) mass is 242 g/mol. The number of aromatic nitrogens is 1. The van der Waals surface area contributed by atoms with Crippen LogP contribution < -0.4 is 0 Å². The first-order valence-corrected chi connectivity index (χ1v) is 5.35. The predicted octanol–water partition coefficient (Wildman–Crippen LogP) is 1.50. The highest BCUT2D eigenvalue weighted by atomic mass is 35.5. The van der Waals surface area contributed by atoms with Gasteiger partial charge in [-0.2, -0.15) is 0 Å². The van der Waals surface area contributed by atoms with Crippen LogP contribution in [0.5, 0.6) is 0 Å². The molecule has 1 rings (SSSR count). The van der Waals surface area contributed by atoms with Gasteiger partial charge in [0, 0.05) is 18.3 Å². The van der Waals surface area contributed by atoms with Crippen LogP contribution in [0.3, 0.4) is 0 Å². The van der Waals surface area contributed by atoms with Crippen LogP contribution in [0.4, 0.5) is 0 Å². The summed E-state index contributed by atoms with van der Waals surface area (Å²) < 4.78 is 0. The van der Waals surface area contributed by atoms with E-state index in [0.29, 0.717) is 16.4 Å². The Kier molecular flexibility index (Phi) is 4.26. The van der Waals surface area contributed by atoms with Crippen molar-refractivity contribution in [3.63, 3.8) is 0 Å². The van der Waals surface area contributed by atoms with E-state index in [1.54, 1.807) is 27.0 Å². The summed E-state index contributed by atoms with van der Waals surface area (Å²) in [6, 6.07) is 2.98. The highest BCUT2D eigenvalue weighted by Crippen LogP contribution is 2.13. The molecule has 0 aliphatic carbocycles. The molecule has 0 aromatic carbocycles. The third kappa shape index (κ3) is 2.93. The second-order valence-electron chi connectivity index (χ2n) is 3.77. The fourth-order valence-electron chi connectivity index (χ4n) is 1.28. The van der Waals surface area contributed by atoms with Crippen molar-refractivity contribution in [2.75, 3.05) is 13.7 Å². The number of carbonyl (C=O) groups excluding carboxylic acids is 1. The Labute approximate surface area is 99.9 Å². The highest BCUT2D eigenvalue weighted by Gasteiger charge is 2.17. The molecule has 0 saturated carbocycles. The Bertz CT molecular complexity index is 375. The minimum Gasteiger partial charge on any atom is -0.394 e. The van der Waals surface area contributed by atoms with E-state index < -0.39 is 0 Å². The molecule has 1 amide bonds. The summed E-state index contributed by atoms with van der Waals surface area (Å²) in [6.07, 6.45) is 0. The first-order chi connectivity index (χ1) is 7.45. The number of aliphatic hydroxyl groups excluding tert-OH is 1. The van der Waals surface area contributed by atoms with Crippen molar-refractivity contribution in [3.05, 3.63) is 28.5 Å². The highest BCUT2D eigenvalue weighted by molar-refractivity contribution is 6.29. The van der Waals surface area contributed by atoms with Crippen LogP contribution in [0.2, 0.25) is 5.15 Å². The number of carbonyl (C=O) groups is 1. The Morgan fingerprint density at radius 1 is 1.62 bits per heavy atom. The van der Waals surface area contributed by atoms with Gasteiger partial charge in [-0.3, -0.25) is 4.79 Å². The number of aliphatic hydroxyl groups is 1. The molecule has 1 aromatic heterocycles. The summed E-state index contributed by atoms with van der Waals surface area (Å²) in [5.74, 6) is -0.172. The van der Waals surface area contributed by atoms with Gasteiger partial charge in [-0.15, -0.1) is 0 Å². The zero-order valence-corrected chi connectivity index (χ0v) is 10.3. The quantitative estimate of drug-likeness (QED) is 0.818. The van der Waals surface area contributed by atoms with E-state index in [0.717, 1.165) is 0 Å². The van der Waals surface area contributed by atoms with Gasteiger partial charge in [0.15, 0.2) is 0 Å². The fourth-order valence-corrected chi connectivity index (χ4v) is 1.53. The molecule has 1 aromatic rings. The van der Waals surface area contributed by atoms with Crippen molar-refractivity contribution < 1.29 is 9.90 Å². The number of hydrogen-bond acceptors (Lipinski definition) is 3. The van der Waals surface area contributed by atoms with E-state index in [-0.39, 0.29) is 18.6 Å². The average Bonchev–Trinajstić information content (AvgIpc) is 2.24. The molecule has 1 N–H and O–H groups in total. The smallest absolute Gasteiger partial charge is 0.254 e. The molecular formula is C11H15ClN2O2. The second kappa shape index (κ2) is 5.27. The molecule has 4 nitrogen and oxygen atoms in total. The predicted molar refractivity (Wildman–Crippen MR) is 62.6 cm³/mol. The van der Waals surface area contributed by atoms with Crippen LogP contribution in [0.15, 0.2) is 12.1 Å². The number of aryl methyl sites for hydroxylation is 1. The minimum atomic E-state index is -0.222. The molecular weight excluding hydrogens is 228 g/mol. The summed E-state index contributed by atoms with van der Waals surface area (Å²) in [6.45, 7) is 3.48. The van der Waals surface area contributed by atoms with E-state index in [2.05, 4.69) is 4.98 Å². The lowest BCUT2D eigenvalue weighted by molar-refractivity contribution is 0.0682. The van der Waals surface area contributed by atoms with Crippen LogP contribution in [0.1, 0.15) is 23.0 Å². The summed E-state index contributed by atoms with van der Waals surface area (Å²) in [4.78, 5) is 17.4. The van der Waals surface area contributed by atoms with Crippen LogP contribution >= 0.6 is 11.6 Å². The van der Waals surface area contributed by atoms with Gasteiger partial charge in [0.25, 0.3) is 5.91 Å². The van der Waals surface area contributed by atoms with Gasteiger partial charge in [0.1, 0.15) is 5.15 Å². The molecule has 0 radical (unpaired) electrons. The van der Waals surface area contributed by atoms with Crippen molar-refractivity contribution in [2.45, 2.75) is 19.9 Å². The first kappa shape index (κ1) is 12.9. The molecule has 0 saturated heterocycles. The molecule has 1 heterocycles. The van der Waals surface area contributed by atoms with Crippen LogP contribution in [-0.4, -0.2) is 40.6 Å². The zero-order chi connectivity index (χ0) is 12.3. The van der Waals surface area contributed by atoms with Crippen molar-refractivity contribution in [3.8, 4) is 0 Å². The lowest BCUT2D eigenvalue weighted by atomic mass is 10.2. The van der Waals surface area contributed by atoms with Gasteiger partial charge in [-0.1, -0.05) is 11.6 Å². The molecule has 5 heteroatoms. The summed E-state index contributed by atoms with van der Waals surface area (Å²) in [5, 5.41) is 9.28. The van der Waals surface area contributed by atoms with E-state index in [1.165, 1.54) is 11.0 Å². The van der Waals surface area contributed by atoms with Gasteiger partial charge >= 0.3 is 0 Å². The third-order valence-electron chi connectivity index (χ3n) is 2.41. The topological polar surface area (TPSA) is 53.4 Å². The van der Waals surface area contributed by atoms with Crippen LogP contribution in [0, 0.1) is 6.92 Å². The minimum absolute atomic E-state index is 0.0694. The number of pyridine rings is 1. The Hall–Kier alpha value is -1.13. The summed E-state index contributed by atoms with van der Waals surface area (Å²) >= 11 is 5.78. The number of nitrogens with zero attached hydrogens (tertiary/aromatic N) is 2. The van der Waals surface area contributed by atoms with Gasteiger partial charge in [0.2, 0.25) is 0 Å². The van der Waals surface area contributed by atoms with Crippen molar-refractivity contribution >= 4 is 17.5 Å². The molecule has 88 valence electrons. The normalized spacial score (nSPS) is 12.3. The maximum absolute atomic E-state index is 12.0. The average molecular weight is 243 g/mol. The maximum atomic E-state index is 12.0. The van der Waals surface area contributed by atoms with E-state index in [1.807, 2.05) is 0 Å². The standard InChI is InChI=1S/C11H15ClN2O2/c1-7-4-9(5-10(12)13-7)11(16)14(3)8(2)6-15/h4-5,8,15H,6H2,1-3H3. The van der Waals surface area contributed by atoms with E-state index in [9.17, 15) is 4.79 Å². The molecule has 0 aliphatic heterocycles. The van der Waals surface area contributed by atoms with Crippen molar-refractivity contribution in [2.24, 2.45) is 0 Å². The van der Waals surface area contributed by atoms with E-state index in [4.69, 9.17) is 16.7 Å². The van der Waals surface area contributed by atoms with Crippen LogP contribution in [-0.2, 0) is 0 Å². The molecule has 0 aliphatic rings. The van der Waals surface area contributed by atoms with Crippen LogP contribution in [0.25, 0.3) is 0 Å². The second-order valence-corrected chi connectivity index (χ2v) is 4.15. The molecule has 1 unspecified atom stereocenters. The summed E-state index contributed by atoms with van der Waals surface area (Å²) in [7, 11) is 1.65. The Morgan fingerprint density at radius 3 is 2.75 bits per heavy atom.